The Bertz CT molecular complexity index is 433. The zero-order chi connectivity index (χ0) is 15.8. The molecule has 0 bridgehead atoms. The van der Waals surface area contributed by atoms with Gasteiger partial charge >= 0.3 is 0 Å². The molecule has 1 aromatic rings. The third kappa shape index (κ3) is 5.45. The van der Waals surface area contributed by atoms with E-state index in [-0.39, 0.29) is 6.10 Å². The Balaban J connectivity index is 1.70. The van der Waals surface area contributed by atoms with E-state index in [0.29, 0.717) is 0 Å². The highest BCUT2D eigenvalue weighted by Gasteiger charge is 2.20. The fourth-order valence-electron chi connectivity index (χ4n) is 3.08. The van der Waals surface area contributed by atoms with E-state index >= 15 is 0 Å². The summed E-state index contributed by atoms with van der Waals surface area (Å²) in [7, 11) is 0. The van der Waals surface area contributed by atoms with Crippen LogP contribution in [0, 0.1) is 0 Å². The van der Waals surface area contributed by atoms with Gasteiger partial charge in [-0.2, -0.15) is 0 Å². The largest absolute Gasteiger partial charge is 0.392 e. The lowest BCUT2D eigenvalue weighted by Crippen LogP contribution is -2.48. The minimum atomic E-state index is -0.177. The molecule has 1 unspecified atom stereocenters. The molecule has 0 amide bonds. The lowest BCUT2D eigenvalue weighted by atomic mass is 10.1. The summed E-state index contributed by atoms with van der Waals surface area (Å²) >= 11 is 6.27. The molecule has 1 saturated heterocycles. The van der Waals surface area contributed by atoms with E-state index in [9.17, 15) is 5.11 Å². The van der Waals surface area contributed by atoms with Crippen LogP contribution < -0.4 is 4.90 Å². The summed E-state index contributed by atoms with van der Waals surface area (Å²) in [6, 6.07) is 8.04. The van der Waals surface area contributed by atoms with Crippen molar-refractivity contribution in [1.29, 1.82) is 0 Å². The molecule has 0 radical (unpaired) electrons. The molecule has 1 aliphatic rings. The van der Waals surface area contributed by atoms with E-state index in [4.69, 9.17) is 11.6 Å². The summed E-state index contributed by atoms with van der Waals surface area (Å²) in [4.78, 5) is 4.71. The van der Waals surface area contributed by atoms with Gasteiger partial charge in [-0.15, -0.1) is 0 Å². The second kappa shape index (κ2) is 9.39. The van der Waals surface area contributed by atoms with Crippen molar-refractivity contribution in [3.05, 3.63) is 29.3 Å². The number of nitrogens with zero attached hydrogens (tertiary/aromatic N) is 2. The summed E-state index contributed by atoms with van der Waals surface area (Å²) in [5.41, 5.74) is 1.13. The zero-order valence-electron chi connectivity index (χ0n) is 13.7. The van der Waals surface area contributed by atoms with Gasteiger partial charge in [-0.25, -0.2) is 0 Å². The molecule has 0 aromatic heterocycles. The number of para-hydroxylation sites is 1. The van der Waals surface area contributed by atoms with Crippen molar-refractivity contribution in [2.24, 2.45) is 0 Å². The van der Waals surface area contributed by atoms with Crippen molar-refractivity contribution in [3.63, 3.8) is 0 Å². The van der Waals surface area contributed by atoms with Crippen molar-refractivity contribution in [1.82, 2.24) is 4.90 Å². The molecular weight excluding hydrogens is 296 g/mol. The van der Waals surface area contributed by atoms with Gasteiger partial charge in [0.15, 0.2) is 0 Å². The number of rotatable bonds is 8. The molecule has 3 nitrogen and oxygen atoms in total. The molecule has 22 heavy (non-hydrogen) atoms. The summed E-state index contributed by atoms with van der Waals surface area (Å²) in [5, 5.41) is 11.0. The van der Waals surface area contributed by atoms with Gasteiger partial charge in [0.25, 0.3) is 0 Å². The number of unbranched alkanes of at least 4 members (excludes halogenated alkanes) is 3. The smallest absolute Gasteiger partial charge is 0.0667 e. The van der Waals surface area contributed by atoms with Crippen LogP contribution in [0.4, 0.5) is 5.69 Å². The van der Waals surface area contributed by atoms with Crippen molar-refractivity contribution >= 4 is 17.3 Å². The zero-order valence-corrected chi connectivity index (χ0v) is 14.4. The monoisotopic (exact) mass is 324 g/mol. The number of halogens is 1. The molecule has 1 atom stereocenters. The number of β-amino-alcohol motifs (C(OH)–C–C–N with tert-alkyl or cyclic N) is 1. The second-order valence-electron chi connectivity index (χ2n) is 6.24. The van der Waals surface area contributed by atoms with Gasteiger partial charge in [-0.3, -0.25) is 4.90 Å². The predicted octanol–water partition coefficient (Wildman–Crippen LogP) is 3.79. The Hall–Kier alpha value is -0.770. The van der Waals surface area contributed by atoms with Crippen LogP contribution in [0.1, 0.15) is 39.0 Å². The molecule has 1 N–H and O–H groups in total. The van der Waals surface area contributed by atoms with Crippen molar-refractivity contribution in [2.75, 3.05) is 37.6 Å². The number of aliphatic hydroxyl groups is 1. The first-order valence-electron chi connectivity index (χ1n) is 8.60. The predicted molar refractivity (Wildman–Crippen MR) is 94.9 cm³/mol. The number of aliphatic hydroxyl groups excluding tert-OH is 1. The number of anilines is 1. The van der Waals surface area contributed by atoms with E-state index in [1.165, 1.54) is 19.3 Å². The molecule has 4 heteroatoms. The van der Waals surface area contributed by atoms with Crippen LogP contribution in [0.2, 0.25) is 5.02 Å². The maximum absolute atomic E-state index is 10.2. The van der Waals surface area contributed by atoms with Gasteiger partial charge in [0.1, 0.15) is 0 Å². The van der Waals surface area contributed by atoms with E-state index in [2.05, 4.69) is 22.8 Å². The maximum Gasteiger partial charge on any atom is 0.0667 e. The van der Waals surface area contributed by atoms with E-state index < -0.39 is 0 Å². The highest BCUT2D eigenvalue weighted by Crippen LogP contribution is 2.26. The molecule has 0 spiro atoms. The summed E-state index contributed by atoms with van der Waals surface area (Å²) < 4.78 is 0. The second-order valence-corrected chi connectivity index (χ2v) is 6.65. The summed E-state index contributed by atoms with van der Waals surface area (Å²) in [6.07, 6.45) is 5.68. The minimum Gasteiger partial charge on any atom is -0.392 e. The van der Waals surface area contributed by atoms with Crippen LogP contribution in [-0.2, 0) is 0 Å². The van der Waals surface area contributed by atoms with Gasteiger partial charge < -0.3 is 10.0 Å². The van der Waals surface area contributed by atoms with Gasteiger partial charge in [0, 0.05) is 32.7 Å². The number of hydrogen-bond donors (Lipinski definition) is 1. The van der Waals surface area contributed by atoms with Crippen molar-refractivity contribution in [3.8, 4) is 0 Å². The first-order valence-corrected chi connectivity index (χ1v) is 8.98. The average Bonchev–Trinajstić information content (AvgIpc) is 2.53. The van der Waals surface area contributed by atoms with Crippen molar-refractivity contribution < 1.29 is 5.11 Å². The molecule has 0 saturated carbocycles. The fourth-order valence-corrected chi connectivity index (χ4v) is 3.33. The first-order chi connectivity index (χ1) is 10.7. The molecule has 1 aliphatic heterocycles. The molecule has 124 valence electrons. The van der Waals surface area contributed by atoms with Gasteiger partial charge in [0.05, 0.1) is 16.8 Å². The molecule has 1 fully saturated rings. The van der Waals surface area contributed by atoms with Crippen LogP contribution in [0.3, 0.4) is 0 Å². The van der Waals surface area contributed by atoms with Crippen LogP contribution in [0.5, 0.6) is 0 Å². The van der Waals surface area contributed by atoms with Crippen LogP contribution in [0.25, 0.3) is 0 Å². The Labute approximate surface area is 139 Å². The number of piperazine rings is 1. The summed E-state index contributed by atoms with van der Waals surface area (Å²) in [5.74, 6) is 0. The van der Waals surface area contributed by atoms with Crippen LogP contribution in [-0.4, -0.2) is 48.8 Å². The lowest BCUT2D eigenvalue weighted by Gasteiger charge is -2.37. The van der Waals surface area contributed by atoms with E-state index in [0.717, 1.165) is 56.3 Å². The highest BCUT2D eigenvalue weighted by molar-refractivity contribution is 6.33. The first kappa shape index (κ1) is 17.6. The van der Waals surface area contributed by atoms with Gasteiger partial charge in [0.2, 0.25) is 0 Å². The SMILES string of the molecule is CCCCCCC(O)CN1CCN(c2ccccc2Cl)CC1. The molecule has 1 heterocycles. The maximum atomic E-state index is 10.2. The summed E-state index contributed by atoms with van der Waals surface area (Å²) in [6.45, 7) is 6.98. The number of hydrogen-bond acceptors (Lipinski definition) is 3. The third-order valence-corrected chi connectivity index (χ3v) is 4.74. The highest BCUT2D eigenvalue weighted by atomic mass is 35.5. The average molecular weight is 325 g/mol. The standard InChI is InChI=1S/C18H29ClN2O/c1-2-3-4-5-8-16(22)15-20-11-13-21(14-12-20)18-10-7-6-9-17(18)19/h6-7,9-10,16,22H,2-5,8,11-15H2,1H3. The minimum absolute atomic E-state index is 0.177. The molecule has 2 rings (SSSR count). The fraction of sp³-hybridized carbons (Fsp3) is 0.667. The molecule has 1 aromatic carbocycles. The Kier molecular flexibility index (Phi) is 7.50. The normalized spacial score (nSPS) is 17.7. The van der Waals surface area contributed by atoms with Crippen LogP contribution >= 0.6 is 11.6 Å². The number of benzene rings is 1. The topological polar surface area (TPSA) is 26.7 Å². The quantitative estimate of drug-likeness (QED) is 0.737. The molecule has 0 aliphatic carbocycles. The van der Waals surface area contributed by atoms with E-state index in [1.54, 1.807) is 0 Å². The van der Waals surface area contributed by atoms with Crippen LogP contribution in [0.15, 0.2) is 24.3 Å². The third-order valence-electron chi connectivity index (χ3n) is 4.43. The molecular formula is C18H29ClN2O. The Morgan fingerprint density at radius 3 is 2.50 bits per heavy atom. The lowest BCUT2D eigenvalue weighted by molar-refractivity contribution is 0.0997. The van der Waals surface area contributed by atoms with Crippen molar-refractivity contribution in [2.45, 2.75) is 45.1 Å². The van der Waals surface area contributed by atoms with Gasteiger partial charge in [-0.1, -0.05) is 56.3 Å². The van der Waals surface area contributed by atoms with E-state index in [1.807, 2.05) is 18.2 Å². The Morgan fingerprint density at radius 2 is 1.82 bits per heavy atom. The Morgan fingerprint density at radius 1 is 1.09 bits per heavy atom. The van der Waals surface area contributed by atoms with Gasteiger partial charge in [-0.05, 0) is 18.6 Å².